The van der Waals surface area contributed by atoms with Crippen molar-refractivity contribution in [2.75, 3.05) is 7.05 Å². The first kappa shape index (κ1) is 14.2. The Kier molecular flexibility index (Phi) is 7.51. The summed E-state index contributed by atoms with van der Waals surface area (Å²) >= 11 is 0. The minimum absolute atomic E-state index is 0.799. The smallest absolute Gasteiger partial charge is 0.0520 e. The van der Waals surface area contributed by atoms with Gasteiger partial charge in [-0.3, -0.25) is 4.99 Å². The van der Waals surface area contributed by atoms with Crippen molar-refractivity contribution in [1.82, 2.24) is 4.90 Å². The van der Waals surface area contributed by atoms with Crippen molar-refractivity contribution in [2.24, 2.45) is 4.99 Å². The fourth-order valence-corrected chi connectivity index (χ4v) is 0.876. The first-order valence-corrected chi connectivity index (χ1v) is 5.18. The van der Waals surface area contributed by atoms with Crippen LogP contribution in [0.1, 0.15) is 13.8 Å². The number of aliphatic imine (C=N–C) groups is 1. The Labute approximate surface area is 98.7 Å². The van der Waals surface area contributed by atoms with E-state index < -0.39 is 0 Å². The van der Waals surface area contributed by atoms with Gasteiger partial charge in [-0.25, -0.2) is 0 Å². The highest BCUT2D eigenvalue weighted by molar-refractivity contribution is 5.77. The normalized spacial score (nSPS) is 12.2. The molecule has 0 spiro atoms. The summed E-state index contributed by atoms with van der Waals surface area (Å²) in [6, 6.07) is 0. The summed E-state index contributed by atoms with van der Waals surface area (Å²) in [6.07, 6.45) is 13.1. The molecule has 86 valence electrons. The summed E-state index contributed by atoms with van der Waals surface area (Å²) in [6.45, 7) is 11.7. The van der Waals surface area contributed by atoms with Gasteiger partial charge >= 0.3 is 0 Å². The molecule has 0 N–H and O–H groups in total. The van der Waals surface area contributed by atoms with Gasteiger partial charge in [-0.1, -0.05) is 37.5 Å². The van der Waals surface area contributed by atoms with Crippen molar-refractivity contribution in [3.63, 3.8) is 0 Å². The SMILES string of the molecule is C=C(C=N/C=C\C)N(C)C(=C)/C=C\C=C/C. The van der Waals surface area contributed by atoms with E-state index in [1.807, 2.05) is 56.2 Å². The van der Waals surface area contributed by atoms with Crippen molar-refractivity contribution < 1.29 is 0 Å². The standard InChI is InChI=1S/C14H20N2/c1-6-8-9-10-13(3)16(5)14(4)12-15-11-7-2/h6-12H,3-4H2,1-2,5H3/b8-6-,10-9-,11-7-,15-12?. The van der Waals surface area contributed by atoms with Crippen LogP contribution in [0.5, 0.6) is 0 Å². The molecule has 2 heteroatoms. The number of hydrogen-bond donors (Lipinski definition) is 0. The molecule has 16 heavy (non-hydrogen) atoms. The Balaban J connectivity index is 4.38. The van der Waals surface area contributed by atoms with Crippen LogP contribution < -0.4 is 0 Å². The third-order valence-corrected chi connectivity index (χ3v) is 1.91. The molecule has 2 nitrogen and oxygen atoms in total. The molecule has 0 aliphatic heterocycles. The molecule has 0 aliphatic rings. The van der Waals surface area contributed by atoms with Gasteiger partial charge in [0.15, 0.2) is 0 Å². The van der Waals surface area contributed by atoms with Crippen molar-refractivity contribution >= 4 is 6.21 Å². The lowest BCUT2D eigenvalue weighted by atomic mass is 10.3. The number of likely N-dealkylation sites (N-methyl/N-ethyl adjacent to an activating group) is 1. The second-order valence-electron chi connectivity index (χ2n) is 3.19. The average Bonchev–Trinajstić information content (AvgIpc) is 2.28. The highest BCUT2D eigenvalue weighted by atomic mass is 15.1. The van der Waals surface area contributed by atoms with E-state index in [9.17, 15) is 0 Å². The molecule has 0 radical (unpaired) electrons. The summed E-state index contributed by atoms with van der Waals surface area (Å²) < 4.78 is 0. The van der Waals surface area contributed by atoms with Crippen molar-refractivity contribution in [1.29, 1.82) is 0 Å². The van der Waals surface area contributed by atoms with E-state index in [1.165, 1.54) is 0 Å². The maximum atomic E-state index is 4.06. The van der Waals surface area contributed by atoms with Crippen LogP contribution in [-0.2, 0) is 0 Å². The third-order valence-electron chi connectivity index (χ3n) is 1.91. The molecule has 0 saturated heterocycles. The second-order valence-corrected chi connectivity index (χ2v) is 3.19. The molecule has 0 aromatic rings. The largest absolute Gasteiger partial charge is 0.344 e. The fraction of sp³-hybridized carbons (Fsp3) is 0.214. The van der Waals surface area contributed by atoms with Gasteiger partial charge in [0.1, 0.15) is 0 Å². The lowest BCUT2D eigenvalue weighted by Gasteiger charge is -2.18. The van der Waals surface area contributed by atoms with Crippen LogP contribution in [-0.4, -0.2) is 18.2 Å². The molecule has 0 amide bonds. The lowest BCUT2D eigenvalue weighted by Crippen LogP contribution is -2.15. The predicted octanol–water partition coefficient (Wildman–Crippen LogP) is 3.68. The maximum absolute atomic E-state index is 4.06. The van der Waals surface area contributed by atoms with Crippen molar-refractivity contribution in [3.05, 3.63) is 61.1 Å². The predicted molar refractivity (Wildman–Crippen MR) is 73.3 cm³/mol. The summed E-state index contributed by atoms with van der Waals surface area (Å²) in [7, 11) is 1.91. The molecule has 0 rings (SSSR count). The highest BCUT2D eigenvalue weighted by Gasteiger charge is 1.99. The maximum Gasteiger partial charge on any atom is 0.0520 e. The zero-order chi connectivity index (χ0) is 12.4. The van der Waals surface area contributed by atoms with Crippen molar-refractivity contribution in [2.45, 2.75) is 13.8 Å². The van der Waals surface area contributed by atoms with E-state index in [1.54, 1.807) is 12.4 Å². The molecule has 0 saturated carbocycles. The number of rotatable bonds is 6. The van der Waals surface area contributed by atoms with Gasteiger partial charge in [-0.05, 0) is 19.9 Å². The molecular weight excluding hydrogens is 196 g/mol. The Bertz CT molecular complexity index is 310. The summed E-state index contributed by atoms with van der Waals surface area (Å²) in [5.74, 6) is 0. The Hall–Kier alpha value is -1.83. The van der Waals surface area contributed by atoms with Gasteiger partial charge in [0.25, 0.3) is 0 Å². The molecule has 0 aromatic carbocycles. The average molecular weight is 216 g/mol. The first-order valence-electron chi connectivity index (χ1n) is 5.18. The van der Waals surface area contributed by atoms with Gasteiger partial charge in [0.05, 0.1) is 5.70 Å². The minimum atomic E-state index is 0.799. The molecule has 0 aliphatic carbocycles. The van der Waals surface area contributed by atoms with Gasteiger partial charge in [0.2, 0.25) is 0 Å². The van der Waals surface area contributed by atoms with Gasteiger partial charge in [-0.2, -0.15) is 0 Å². The number of allylic oxidation sites excluding steroid dienone is 6. The molecule has 0 bridgehead atoms. The monoisotopic (exact) mass is 216 g/mol. The van der Waals surface area contributed by atoms with E-state index in [0.29, 0.717) is 0 Å². The molecule has 0 heterocycles. The minimum Gasteiger partial charge on any atom is -0.344 e. The van der Waals surface area contributed by atoms with Crippen LogP contribution >= 0.6 is 0 Å². The van der Waals surface area contributed by atoms with Crippen LogP contribution in [0.25, 0.3) is 0 Å². The van der Waals surface area contributed by atoms with E-state index in [0.717, 1.165) is 11.4 Å². The Morgan fingerprint density at radius 1 is 1.06 bits per heavy atom. The zero-order valence-corrected chi connectivity index (χ0v) is 10.4. The summed E-state index contributed by atoms with van der Waals surface area (Å²) in [5, 5.41) is 0. The topological polar surface area (TPSA) is 15.6 Å². The van der Waals surface area contributed by atoms with Crippen LogP contribution in [0.15, 0.2) is 66.1 Å². The summed E-state index contributed by atoms with van der Waals surface area (Å²) in [5.41, 5.74) is 1.67. The van der Waals surface area contributed by atoms with Gasteiger partial charge < -0.3 is 4.90 Å². The van der Waals surface area contributed by atoms with Crippen LogP contribution in [0, 0.1) is 0 Å². The second kappa shape index (κ2) is 8.48. The van der Waals surface area contributed by atoms with Gasteiger partial charge in [0, 0.05) is 25.2 Å². The lowest BCUT2D eigenvalue weighted by molar-refractivity contribution is 0.571. The van der Waals surface area contributed by atoms with Crippen LogP contribution in [0.4, 0.5) is 0 Å². The quantitative estimate of drug-likeness (QED) is 0.488. The molecule has 0 unspecified atom stereocenters. The third kappa shape index (κ3) is 5.81. The number of hydrogen-bond acceptors (Lipinski definition) is 2. The molecule has 0 fully saturated rings. The zero-order valence-electron chi connectivity index (χ0n) is 10.4. The number of nitrogens with zero attached hydrogens (tertiary/aromatic N) is 2. The Morgan fingerprint density at radius 3 is 2.31 bits per heavy atom. The highest BCUT2D eigenvalue weighted by Crippen LogP contribution is 2.06. The van der Waals surface area contributed by atoms with Crippen molar-refractivity contribution in [3.8, 4) is 0 Å². The van der Waals surface area contributed by atoms with Crippen LogP contribution in [0.3, 0.4) is 0 Å². The molecule has 0 aromatic heterocycles. The first-order chi connectivity index (χ1) is 7.63. The van der Waals surface area contributed by atoms with Crippen LogP contribution in [0.2, 0.25) is 0 Å². The Morgan fingerprint density at radius 2 is 1.75 bits per heavy atom. The van der Waals surface area contributed by atoms with E-state index in [2.05, 4.69) is 18.2 Å². The fourth-order valence-electron chi connectivity index (χ4n) is 0.876. The van der Waals surface area contributed by atoms with E-state index >= 15 is 0 Å². The molecule has 0 atom stereocenters. The summed E-state index contributed by atoms with van der Waals surface area (Å²) in [4.78, 5) is 5.95. The molecular formula is C14H20N2. The van der Waals surface area contributed by atoms with E-state index in [4.69, 9.17) is 0 Å². The van der Waals surface area contributed by atoms with E-state index in [-0.39, 0.29) is 0 Å². The van der Waals surface area contributed by atoms with Gasteiger partial charge in [-0.15, -0.1) is 0 Å².